The fraction of sp³-hybridized carbons (Fsp3) is 0. The number of anilines is 2. The van der Waals surface area contributed by atoms with Gasteiger partial charge >= 0.3 is 6.03 Å². The number of aromatic hydroxyl groups is 1. The number of phenolic OH excluding ortho intramolecular Hbond substituents is 1. The van der Waals surface area contributed by atoms with Crippen LogP contribution in [0.15, 0.2) is 53.0 Å². The largest absolute Gasteiger partial charge is 0.506 e. The average molecular weight is 376 g/mol. The maximum Gasteiger partial charge on any atom is 0.323 e. The molecule has 5 N–H and O–H groups in total. The molecular formula is C16H14BrN3O3. The Morgan fingerprint density at radius 2 is 1.78 bits per heavy atom. The number of benzene rings is 2. The van der Waals surface area contributed by atoms with Crippen molar-refractivity contribution in [2.75, 3.05) is 10.6 Å². The summed E-state index contributed by atoms with van der Waals surface area (Å²) < 4.78 is 0.742. The average Bonchev–Trinajstić information content (AvgIpc) is 2.50. The Morgan fingerprint density at radius 3 is 2.43 bits per heavy atom. The highest BCUT2D eigenvalue weighted by molar-refractivity contribution is 9.10. The van der Waals surface area contributed by atoms with E-state index in [-0.39, 0.29) is 11.4 Å². The molecule has 0 aromatic heterocycles. The summed E-state index contributed by atoms with van der Waals surface area (Å²) in [4.78, 5) is 22.6. The Kier molecular flexibility index (Phi) is 5.37. The lowest BCUT2D eigenvalue weighted by molar-refractivity contribution is -0.113. The molecule has 0 aliphatic rings. The summed E-state index contributed by atoms with van der Waals surface area (Å²) in [6.45, 7) is 0. The number of carbonyl (C=O) groups is 2. The van der Waals surface area contributed by atoms with E-state index in [0.717, 1.165) is 4.47 Å². The van der Waals surface area contributed by atoms with E-state index in [1.807, 2.05) is 6.07 Å². The van der Waals surface area contributed by atoms with E-state index >= 15 is 0 Å². The molecule has 6 nitrogen and oxygen atoms in total. The van der Waals surface area contributed by atoms with Crippen LogP contribution >= 0.6 is 15.9 Å². The molecule has 0 aliphatic heterocycles. The first-order valence-corrected chi connectivity index (χ1v) is 7.38. The molecule has 2 aromatic rings. The minimum atomic E-state index is -0.584. The molecule has 0 saturated carbocycles. The number of para-hydroxylation sites is 1. The summed E-state index contributed by atoms with van der Waals surface area (Å²) in [7, 11) is 0. The molecule has 0 radical (unpaired) electrons. The molecule has 0 bridgehead atoms. The van der Waals surface area contributed by atoms with E-state index in [0.29, 0.717) is 11.3 Å². The second-order valence-electron chi connectivity index (χ2n) is 4.57. The normalized spacial score (nSPS) is 10.5. The third-order valence-electron chi connectivity index (χ3n) is 2.83. The molecule has 3 amide bonds. The predicted molar refractivity (Wildman–Crippen MR) is 93.1 cm³/mol. The van der Waals surface area contributed by atoms with E-state index in [9.17, 15) is 14.7 Å². The van der Waals surface area contributed by atoms with E-state index in [4.69, 9.17) is 5.73 Å². The molecule has 0 heterocycles. The Hall–Kier alpha value is -2.80. The maximum atomic E-state index is 12.0. The zero-order chi connectivity index (χ0) is 16.8. The number of primary amides is 1. The number of hydrogen-bond donors (Lipinski definition) is 4. The van der Waals surface area contributed by atoms with E-state index in [1.54, 1.807) is 24.3 Å². The van der Waals surface area contributed by atoms with Crippen molar-refractivity contribution in [1.82, 2.24) is 0 Å². The van der Waals surface area contributed by atoms with Crippen LogP contribution in [0.3, 0.4) is 0 Å². The van der Waals surface area contributed by atoms with Crippen molar-refractivity contribution in [2.24, 2.45) is 5.73 Å². The molecule has 2 rings (SSSR count). The minimum Gasteiger partial charge on any atom is -0.506 e. The van der Waals surface area contributed by atoms with Gasteiger partial charge < -0.3 is 21.5 Å². The summed E-state index contributed by atoms with van der Waals surface area (Å²) in [6.07, 6.45) is 2.65. The van der Waals surface area contributed by atoms with Crippen molar-refractivity contribution in [2.45, 2.75) is 0 Å². The van der Waals surface area contributed by atoms with Crippen LogP contribution in [-0.4, -0.2) is 17.0 Å². The first kappa shape index (κ1) is 16.6. The van der Waals surface area contributed by atoms with Gasteiger partial charge in [0, 0.05) is 10.5 Å². The first-order valence-electron chi connectivity index (χ1n) is 6.59. The van der Waals surface area contributed by atoms with Crippen molar-refractivity contribution in [3.63, 3.8) is 0 Å². The van der Waals surface area contributed by atoms with Gasteiger partial charge in [-0.1, -0.05) is 18.2 Å². The highest BCUT2D eigenvalue weighted by atomic mass is 79.9. The zero-order valence-corrected chi connectivity index (χ0v) is 13.5. The topological polar surface area (TPSA) is 104 Å². The minimum absolute atomic E-state index is 0.126. The Labute approximate surface area is 141 Å². The Balaban J connectivity index is 2.06. The van der Waals surface area contributed by atoms with Crippen LogP contribution in [0, 0.1) is 0 Å². The number of urea groups is 1. The van der Waals surface area contributed by atoms with Crippen LogP contribution in [0.25, 0.3) is 6.08 Å². The van der Waals surface area contributed by atoms with Crippen LogP contribution in [-0.2, 0) is 4.79 Å². The quantitative estimate of drug-likeness (QED) is 0.486. The molecule has 0 aliphatic carbocycles. The van der Waals surface area contributed by atoms with Crippen molar-refractivity contribution in [3.8, 4) is 5.75 Å². The third kappa shape index (κ3) is 4.86. The van der Waals surface area contributed by atoms with Crippen molar-refractivity contribution < 1.29 is 14.7 Å². The third-order valence-corrected chi connectivity index (χ3v) is 3.52. The fourth-order valence-electron chi connectivity index (χ4n) is 1.77. The number of carbonyl (C=O) groups excluding carboxylic acids is 2. The van der Waals surface area contributed by atoms with E-state index in [1.165, 1.54) is 24.3 Å². The number of halogens is 1. The van der Waals surface area contributed by atoms with Gasteiger partial charge in [0.25, 0.3) is 0 Å². The summed E-state index contributed by atoms with van der Waals surface area (Å²) in [5.41, 5.74) is 6.43. The lowest BCUT2D eigenvalue weighted by Gasteiger charge is -2.10. The monoisotopic (exact) mass is 375 g/mol. The number of nitrogens with one attached hydrogen (secondary N) is 2. The smallest absolute Gasteiger partial charge is 0.323 e. The molecule has 2 aromatic carbocycles. The molecule has 0 saturated heterocycles. The second kappa shape index (κ2) is 7.46. The molecule has 0 unspecified atom stereocenters. The van der Waals surface area contributed by atoms with Gasteiger partial charge in [0.15, 0.2) is 0 Å². The lowest BCUT2D eigenvalue weighted by Crippen LogP contribution is -2.19. The van der Waals surface area contributed by atoms with Crippen LogP contribution < -0.4 is 16.4 Å². The van der Waals surface area contributed by atoms with Crippen LogP contribution in [0.1, 0.15) is 5.56 Å². The fourth-order valence-corrected chi connectivity index (χ4v) is 2.16. The molecule has 7 heteroatoms. The summed E-state index contributed by atoms with van der Waals surface area (Å²) in [5.74, 6) is -0.710. The number of nitrogens with two attached hydrogens (primary N) is 1. The molecule has 118 valence electrons. The molecule has 0 atom stereocenters. The van der Waals surface area contributed by atoms with Gasteiger partial charge in [-0.3, -0.25) is 4.79 Å². The summed E-state index contributed by atoms with van der Waals surface area (Å²) in [5, 5.41) is 15.1. The van der Waals surface area contributed by atoms with Gasteiger partial charge in [0.05, 0.1) is 11.4 Å². The summed E-state index contributed by atoms with van der Waals surface area (Å²) >= 11 is 3.33. The van der Waals surface area contributed by atoms with Gasteiger partial charge in [-0.2, -0.15) is 0 Å². The van der Waals surface area contributed by atoms with Gasteiger partial charge in [-0.05, 0) is 51.8 Å². The van der Waals surface area contributed by atoms with Gasteiger partial charge in [-0.25, -0.2) is 4.79 Å². The molecule has 23 heavy (non-hydrogen) atoms. The highest BCUT2D eigenvalue weighted by Crippen LogP contribution is 2.26. The Morgan fingerprint density at radius 1 is 1.09 bits per heavy atom. The first-order chi connectivity index (χ1) is 11.0. The SMILES string of the molecule is NC(=O)/C=C/c1ccc(NC(=O)Nc2ccccc2Br)c(O)c1. The Bertz CT molecular complexity index is 775. The van der Waals surface area contributed by atoms with Crippen molar-refractivity contribution in [3.05, 3.63) is 58.6 Å². The number of amides is 3. The molecule has 0 fully saturated rings. The predicted octanol–water partition coefficient (Wildman–Crippen LogP) is 3.30. The second-order valence-corrected chi connectivity index (χ2v) is 5.43. The van der Waals surface area contributed by atoms with Crippen molar-refractivity contribution >= 4 is 45.3 Å². The van der Waals surface area contributed by atoms with E-state index in [2.05, 4.69) is 26.6 Å². The van der Waals surface area contributed by atoms with Crippen LogP contribution in [0.4, 0.5) is 16.2 Å². The van der Waals surface area contributed by atoms with Gasteiger partial charge in [-0.15, -0.1) is 0 Å². The maximum absolute atomic E-state index is 12.0. The van der Waals surface area contributed by atoms with Gasteiger partial charge in [0.1, 0.15) is 5.75 Å². The van der Waals surface area contributed by atoms with Crippen LogP contribution in [0.5, 0.6) is 5.75 Å². The zero-order valence-electron chi connectivity index (χ0n) is 11.9. The van der Waals surface area contributed by atoms with E-state index < -0.39 is 11.9 Å². The van der Waals surface area contributed by atoms with Crippen molar-refractivity contribution in [1.29, 1.82) is 0 Å². The standard InChI is InChI=1S/C16H14BrN3O3/c17-11-3-1-2-4-12(11)19-16(23)20-13-7-5-10(9-14(13)21)6-8-15(18)22/h1-9,21H,(H2,18,22)(H2,19,20,23)/b8-6+. The number of phenols is 1. The highest BCUT2D eigenvalue weighted by Gasteiger charge is 2.08. The summed E-state index contributed by atoms with van der Waals surface area (Å²) in [6, 6.07) is 11.2. The number of rotatable bonds is 4. The van der Waals surface area contributed by atoms with Gasteiger partial charge in [0.2, 0.25) is 5.91 Å². The molecule has 0 spiro atoms. The molecular weight excluding hydrogens is 362 g/mol. The lowest BCUT2D eigenvalue weighted by atomic mass is 10.1. The number of hydrogen-bond acceptors (Lipinski definition) is 3. The van der Waals surface area contributed by atoms with Crippen LogP contribution in [0.2, 0.25) is 0 Å².